The van der Waals surface area contributed by atoms with E-state index in [1.54, 1.807) is 22.8 Å². The molecule has 0 aliphatic heterocycles. The standard InChI is InChI=1S/C23H23FN4O/c1-15-21(16-8-10-17(24)11-9-16)22-25-14-19-20(28(22)26-15)12-13-27(23(19)29)18-6-4-2-3-5-7-18/h8-14,18H,2-7H2,1H3. The Morgan fingerprint density at radius 2 is 1.76 bits per heavy atom. The SMILES string of the molecule is Cc1nn2c(ncc3c(=O)n(C4CCCCCC4)ccc32)c1-c1ccc(F)cc1. The summed E-state index contributed by atoms with van der Waals surface area (Å²) in [5.74, 6) is -0.277. The van der Waals surface area contributed by atoms with Crippen LogP contribution in [0.25, 0.3) is 27.7 Å². The number of rotatable bonds is 2. The van der Waals surface area contributed by atoms with Gasteiger partial charge in [-0.1, -0.05) is 37.8 Å². The summed E-state index contributed by atoms with van der Waals surface area (Å²) in [5.41, 5.74) is 3.94. The third-order valence-corrected chi connectivity index (χ3v) is 6.07. The molecule has 0 saturated heterocycles. The maximum absolute atomic E-state index is 13.3. The molecule has 1 aliphatic carbocycles. The van der Waals surface area contributed by atoms with Gasteiger partial charge in [0.25, 0.3) is 5.56 Å². The molecule has 29 heavy (non-hydrogen) atoms. The van der Waals surface area contributed by atoms with Gasteiger partial charge in [-0.05, 0) is 43.5 Å². The molecule has 0 N–H and O–H groups in total. The molecule has 0 bridgehead atoms. The van der Waals surface area contributed by atoms with Gasteiger partial charge in [0.1, 0.15) is 5.82 Å². The number of aromatic nitrogens is 4. The fourth-order valence-corrected chi connectivity index (χ4v) is 4.57. The Kier molecular flexibility index (Phi) is 4.42. The van der Waals surface area contributed by atoms with E-state index in [1.165, 1.54) is 37.8 Å². The van der Waals surface area contributed by atoms with Gasteiger partial charge in [-0.25, -0.2) is 13.9 Å². The van der Waals surface area contributed by atoms with Crippen molar-refractivity contribution in [2.24, 2.45) is 0 Å². The first-order chi connectivity index (χ1) is 14.1. The monoisotopic (exact) mass is 390 g/mol. The Balaban J connectivity index is 1.68. The Labute approximate surface area is 167 Å². The van der Waals surface area contributed by atoms with Crippen molar-refractivity contribution in [1.82, 2.24) is 19.2 Å². The van der Waals surface area contributed by atoms with E-state index >= 15 is 0 Å². The molecular formula is C23H23FN4O. The normalized spacial score (nSPS) is 15.8. The van der Waals surface area contributed by atoms with Crippen LogP contribution in [0, 0.1) is 12.7 Å². The van der Waals surface area contributed by atoms with E-state index in [0.717, 1.165) is 35.2 Å². The van der Waals surface area contributed by atoms with Crippen LogP contribution in [0.15, 0.2) is 47.5 Å². The first-order valence-corrected chi connectivity index (χ1v) is 10.3. The van der Waals surface area contributed by atoms with Crippen molar-refractivity contribution in [2.75, 3.05) is 0 Å². The zero-order valence-corrected chi connectivity index (χ0v) is 16.4. The van der Waals surface area contributed by atoms with E-state index in [-0.39, 0.29) is 17.4 Å². The van der Waals surface area contributed by atoms with Crippen molar-refractivity contribution in [3.8, 4) is 11.1 Å². The van der Waals surface area contributed by atoms with Gasteiger partial charge in [0, 0.05) is 24.0 Å². The largest absolute Gasteiger partial charge is 0.312 e. The number of pyridine rings is 1. The van der Waals surface area contributed by atoms with Crippen LogP contribution in [0.3, 0.4) is 0 Å². The minimum Gasteiger partial charge on any atom is -0.312 e. The Bertz CT molecular complexity index is 1250. The minimum absolute atomic E-state index is 0.000264. The molecule has 148 valence electrons. The molecule has 0 atom stereocenters. The second-order valence-corrected chi connectivity index (χ2v) is 7.93. The highest BCUT2D eigenvalue weighted by Gasteiger charge is 2.19. The van der Waals surface area contributed by atoms with E-state index in [9.17, 15) is 9.18 Å². The molecule has 3 aromatic heterocycles. The maximum Gasteiger partial charge on any atom is 0.261 e. The molecule has 1 fully saturated rings. The van der Waals surface area contributed by atoms with Crippen molar-refractivity contribution in [3.63, 3.8) is 0 Å². The number of aryl methyl sites for hydroxylation is 1. The number of benzene rings is 1. The predicted octanol–water partition coefficient (Wildman–Crippen LogP) is 5.05. The molecule has 6 heteroatoms. The number of fused-ring (bicyclic) bond motifs is 3. The lowest BCUT2D eigenvalue weighted by molar-refractivity contribution is 0.434. The van der Waals surface area contributed by atoms with Gasteiger partial charge in [0.05, 0.1) is 16.6 Å². The molecule has 0 unspecified atom stereocenters. The average molecular weight is 390 g/mol. The van der Waals surface area contributed by atoms with Crippen LogP contribution in [0.5, 0.6) is 0 Å². The van der Waals surface area contributed by atoms with E-state index in [0.29, 0.717) is 11.0 Å². The fraction of sp³-hybridized carbons (Fsp3) is 0.348. The third kappa shape index (κ3) is 3.03. The van der Waals surface area contributed by atoms with Gasteiger partial charge < -0.3 is 4.57 Å². The fourth-order valence-electron chi connectivity index (χ4n) is 4.57. The van der Waals surface area contributed by atoms with Crippen molar-refractivity contribution in [3.05, 3.63) is 64.6 Å². The van der Waals surface area contributed by atoms with Crippen molar-refractivity contribution in [1.29, 1.82) is 0 Å². The second kappa shape index (κ2) is 7.10. The first kappa shape index (κ1) is 18.0. The van der Waals surface area contributed by atoms with E-state index in [1.807, 2.05) is 23.8 Å². The summed E-state index contributed by atoms with van der Waals surface area (Å²) in [6.07, 6.45) is 10.5. The highest BCUT2D eigenvalue weighted by Crippen LogP contribution is 2.30. The highest BCUT2D eigenvalue weighted by molar-refractivity contribution is 5.86. The van der Waals surface area contributed by atoms with Gasteiger partial charge >= 0.3 is 0 Å². The molecule has 1 aromatic carbocycles. The van der Waals surface area contributed by atoms with E-state index in [2.05, 4.69) is 10.1 Å². The number of hydrogen-bond donors (Lipinski definition) is 0. The molecule has 0 amide bonds. The molecule has 0 spiro atoms. The molecule has 4 aromatic rings. The quantitative estimate of drug-likeness (QED) is 0.450. The molecule has 5 nitrogen and oxygen atoms in total. The van der Waals surface area contributed by atoms with Gasteiger partial charge in [-0.2, -0.15) is 5.10 Å². The van der Waals surface area contributed by atoms with Crippen molar-refractivity contribution in [2.45, 2.75) is 51.5 Å². The summed E-state index contributed by atoms with van der Waals surface area (Å²) in [6.45, 7) is 1.91. The summed E-state index contributed by atoms with van der Waals surface area (Å²) in [6, 6.07) is 8.57. The molecule has 3 heterocycles. The van der Waals surface area contributed by atoms with Gasteiger partial charge in [-0.15, -0.1) is 0 Å². The zero-order valence-electron chi connectivity index (χ0n) is 16.4. The van der Waals surface area contributed by atoms with Crippen LogP contribution in [0.1, 0.15) is 50.3 Å². The van der Waals surface area contributed by atoms with Gasteiger partial charge in [0.2, 0.25) is 0 Å². The summed E-state index contributed by atoms with van der Waals surface area (Å²) >= 11 is 0. The third-order valence-electron chi connectivity index (χ3n) is 6.07. The van der Waals surface area contributed by atoms with Crippen LogP contribution in [0.4, 0.5) is 4.39 Å². The number of nitrogens with zero attached hydrogens (tertiary/aromatic N) is 4. The highest BCUT2D eigenvalue weighted by atomic mass is 19.1. The van der Waals surface area contributed by atoms with Crippen LogP contribution in [0.2, 0.25) is 0 Å². The van der Waals surface area contributed by atoms with Crippen LogP contribution < -0.4 is 5.56 Å². The first-order valence-electron chi connectivity index (χ1n) is 10.3. The van der Waals surface area contributed by atoms with E-state index in [4.69, 9.17) is 0 Å². The smallest absolute Gasteiger partial charge is 0.261 e. The zero-order chi connectivity index (χ0) is 20.0. The summed E-state index contributed by atoms with van der Waals surface area (Å²) in [7, 11) is 0. The molecule has 0 radical (unpaired) electrons. The van der Waals surface area contributed by atoms with E-state index < -0.39 is 0 Å². The Morgan fingerprint density at radius 3 is 2.48 bits per heavy atom. The van der Waals surface area contributed by atoms with Gasteiger partial charge in [0.15, 0.2) is 5.65 Å². The molecular weight excluding hydrogens is 367 g/mol. The van der Waals surface area contributed by atoms with Crippen molar-refractivity contribution < 1.29 is 4.39 Å². The lowest BCUT2D eigenvalue weighted by Gasteiger charge is -2.18. The maximum atomic E-state index is 13.3. The predicted molar refractivity (Wildman–Crippen MR) is 112 cm³/mol. The Hall–Kier alpha value is -3.02. The van der Waals surface area contributed by atoms with Crippen LogP contribution >= 0.6 is 0 Å². The second-order valence-electron chi connectivity index (χ2n) is 7.93. The minimum atomic E-state index is -0.277. The summed E-state index contributed by atoms with van der Waals surface area (Å²) < 4.78 is 17.0. The summed E-state index contributed by atoms with van der Waals surface area (Å²) in [5, 5.41) is 5.23. The number of halogens is 1. The van der Waals surface area contributed by atoms with Crippen LogP contribution in [-0.2, 0) is 0 Å². The number of hydrogen-bond acceptors (Lipinski definition) is 3. The van der Waals surface area contributed by atoms with Crippen LogP contribution in [-0.4, -0.2) is 19.2 Å². The summed E-state index contributed by atoms with van der Waals surface area (Å²) in [4.78, 5) is 17.8. The molecule has 1 aliphatic rings. The Morgan fingerprint density at radius 1 is 1.03 bits per heavy atom. The molecule has 5 rings (SSSR count). The average Bonchev–Trinajstić information content (AvgIpc) is 2.89. The lowest BCUT2D eigenvalue weighted by Crippen LogP contribution is -2.24. The van der Waals surface area contributed by atoms with Gasteiger partial charge in [-0.3, -0.25) is 4.79 Å². The topological polar surface area (TPSA) is 52.2 Å². The lowest BCUT2D eigenvalue weighted by atomic mass is 10.1. The molecule has 1 saturated carbocycles. The van der Waals surface area contributed by atoms with Crippen molar-refractivity contribution >= 4 is 16.6 Å².